The van der Waals surface area contributed by atoms with Crippen LogP contribution in [-0.2, 0) is 4.74 Å². The van der Waals surface area contributed by atoms with Gasteiger partial charge in [-0.3, -0.25) is 0 Å². The largest absolute Gasteiger partial charge is 0.399 e. The van der Waals surface area contributed by atoms with E-state index in [0.717, 1.165) is 25.0 Å². The van der Waals surface area contributed by atoms with Crippen LogP contribution in [-0.4, -0.2) is 18.8 Å². The minimum atomic E-state index is -0.672. The van der Waals surface area contributed by atoms with Gasteiger partial charge in [0.15, 0.2) is 11.6 Å². The van der Waals surface area contributed by atoms with Crippen LogP contribution in [0.5, 0.6) is 0 Å². The molecule has 0 spiro atoms. The van der Waals surface area contributed by atoms with E-state index in [1.807, 2.05) is 6.92 Å². The van der Waals surface area contributed by atoms with Gasteiger partial charge in [-0.05, 0) is 31.9 Å². The van der Waals surface area contributed by atoms with Crippen LogP contribution in [0.4, 0.5) is 20.2 Å². The quantitative estimate of drug-likeness (QED) is 0.783. The first-order valence-corrected chi connectivity index (χ1v) is 5.61. The lowest BCUT2D eigenvalue weighted by Crippen LogP contribution is -2.43. The van der Waals surface area contributed by atoms with Crippen LogP contribution in [0.15, 0.2) is 12.1 Å². The molecule has 1 heterocycles. The van der Waals surface area contributed by atoms with Gasteiger partial charge in [0, 0.05) is 12.3 Å². The Balaban J connectivity index is 2.23. The first kappa shape index (κ1) is 12.1. The van der Waals surface area contributed by atoms with Crippen molar-refractivity contribution in [2.75, 3.05) is 24.3 Å². The van der Waals surface area contributed by atoms with E-state index in [4.69, 9.17) is 10.5 Å². The van der Waals surface area contributed by atoms with E-state index in [-0.39, 0.29) is 11.4 Å². The number of rotatable bonds is 2. The molecule has 17 heavy (non-hydrogen) atoms. The van der Waals surface area contributed by atoms with Crippen molar-refractivity contribution in [3.05, 3.63) is 23.8 Å². The molecule has 0 aromatic heterocycles. The summed E-state index contributed by atoms with van der Waals surface area (Å²) in [5.41, 5.74) is 4.87. The van der Waals surface area contributed by atoms with E-state index < -0.39 is 17.2 Å². The zero-order valence-electron chi connectivity index (χ0n) is 9.72. The highest BCUT2D eigenvalue weighted by Gasteiger charge is 2.29. The number of hydrogen-bond acceptors (Lipinski definition) is 3. The zero-order chi connectivity index (χ0) is 12.5. The van der Waals surface area contributed by atoms with Crippen LogP contribution in [0.3, 0.4) is 0 Å². The molecule has 0 saturated carbocycles. The maximum atomic E-state index is 13.6. The Hall–Kier alpha value is -1.36. The molecule has 94 valence electrons. The second-order valence-corrected chi connectivity index (χ2v) is 4.70. The molecule has 0 radical (unpaired) electrons. The smallest absolute Gasteiger partial charge is 0.151 e. The fraction of sp³-hybridized carbons (Fsp3) is 0.500. The van der Waals surface area contributed by atoms with E-state index in [2.05, 4.69) is 5.32 Å². The lowest BCUT2D eigenvalue weighted by molar-refractivity contribution is 0.0538. The van der Waals surface area contributed by atoms with Crippen LogP contribution in [0.2, 0.25) is 0 Å². The van der Waals surface area contributed by atoms with Gasteiger partial charge in [-0.15, -0.1) is 0 Å². The summed E-state index contributed by atoms with van der Waals surface area (Å²) in [5, 5.41) is 2.89. The Morgan fingerprint density at radius 1 is 1.35 bits per heavy atom. The molecule has 1 saturated heterocycles. The molecule has 0 aliphatic carbocycles. The van der Waals surface area contributed by atoms with Crippen molar-refractivity contribution in [3.63, 3.8) is 0 Å². The number of anilines is 2. The highest BCUT2D eigenvalue weighted by atomic mass is 19.1. The number of nitrogens with two attached hydrogens (primary N) is 1. The van der Waals surface area contributed by atoms with Gasteiger partial charge in [0.1, 0.15) is 5.69 Å². The van der Waals surface area contributed by atoms with Crippen molar-refractivity contribution in [2.45, 2.75) is 25.3 Å². The average Bonchev–Trinajstić information content (AvgIpc) is 2.24. The van der Waals surface area contributed by atoms with Crippen molar-refractivity contribution < 1.29 is 13.5 Å². The predicted molar refractivity (Wildman–Crippen MR) is 62.9 cm³/mol. The van der Waals surface area contributed by atoms with Gasteiger partial charge in [0.05, 0.1) is 12.1 Å². The molecule has 3 nitrogen and oxygen atoms in total. The van der Waals surface area contributed by atoms with Crippen LogP contribution in [0.25, 0.3) is 0 Å². The average molecular weight is 242 g/mol. The van der Waals surface area contributed by atoms with Crippen LogP contribution >= 0.6 is 0 Å². The van der Waals surface area contributed by atoms with Crippen LogP contribution in [0.1, 0.15) is 19.8 Å². The highest BCUT2D eigenvalue weighted by molar-refractivity contribution is 5.55. The minimum Gasteiger partial charge on any atom is -0.399 e. The van der Waals surface area contributed by atoms with E-state index in [1.54, 1.807) is 0 Å². The lowest BCUT2D eigenvalue weighted by Gasteiger charge is -2.35. The SMILES string of the molecule is CC1(Nc2c(F)cc(N)cc2F)CCCOC1. The summed E-state index contributed by atoms with van der Waals surface area (Å²) in [5.74, 6) is -1.34. The standard InChI is InChI=1S/C12H16F2N2O/c1-12(3-2-4-17-7-12)16-11-9(13)5-8(15)6-10(11)14/h5-6,16H,2-4,7,15H2,1H3. The van der Waals surface area contributed by atoms with Gasteiger partial charge >= 0.3 is 0 Å². The molecule has 2 rings (SSSR count). The molecule has 3 N–H and O–H groups in total. The fourth-order valence-electron chi connectivity index (χ4n) is 2.05. The molecular weight excluding hydrogens is 226 g/mol. The van der Waals surface area contributed by atoms with Crippen molar-refractivity contribution in [1.29, 1.82) is 0 Å². The predicted octanol–water partition coefficient (Wildman–Crippen LogP) is 2.53. The summed E-state index contributed by atoms with van der Waals surface area (Å²) in [6, 6.07) is 2.22. The Bertz CT molecular complexity index is 394. The third-order valence-electron chi connectivity index (χ3n) is 2.93. The van der Waals surface area contributed by atoms with Crippen molar-refractivity contribution in [3.8, 4) is 0 Å². The van der Waals surface area contributed by atoms with E-state index >= 15 is 0 Å². The molecule has 1 atom stereocenters. The highest BCUT2D eigenvalue weighted by Crippen LogP contribution is 2.28. The number of benzene rings is 1. The van der Waals surface area contributed by atoms with Gasteiger partial charge < -0.3 is 15.8 Å². The number of halogens is 2. The molecule has 1 aromatic rings. The number of hydrogen-bond donors (Lipinski definition) is 2. The normalized spacial score (nSPS) is 24.6. The number of nitrogens with one attached hydrogen (secondary N) is 1. The van der Waals surface area contributed by atoms with E-state index in [0.29, 0.717) is 13.2 Å². The van der Waals surface area contributed by atoms with Gasteiger partial charge in [0.2, 0.25) is 0 Å². The monoisotopic (exact) mass is 242 g/mol. The molecule has 1 aliphatic rings. The molecular formula is C12H16F2N2O. The van der Waals surface area contributed by atoms with Crippen LogP contribution < -0.4 is 11.1 Å². The van der Waals surface area contributed by atoms with Gasteiger partial charge in [-0.2, -0.15) is 0 Å². The molecule has 1 fully saturated rings. The zero-order valence-corrected chi connectivity index (χ0v) is 9.72. The first-order valence-electron chi connectivity index (χ1n) is 5.61. The molecule has 1 aliphatic heterocycles. The Morgan fingerprint density at radius 2 is 2.00 bits per heavy atom. The summed E-state index contributed by atoms with van der Waals surface area (Å²) < 4.78 is 32.6. The summed E-state index contributed by atoms with van der Waals surface area (Å²) in [6.07, 6.45) is 1.69. The second kappa shape index (κ2) is 4.49. The van der Waals surface area contributed by atoms with Crippen molar-refractivity contribution in [1.82, 2.24) is 0 Å². The first-order chi connectivity index (χ1) is 8.00. The Kier molecular flexibility index (Phi) is 3.19. The lowest BCUT2D eigenvalue weighted by atomic mass is 9.94. The summed E-state index contributed by atoms with van der Waals surface area (Å²) in [6.45, 7) is 3.03. The second-order valence-electron chi connectivity index (χ2n) is 4.70. The van der Waals surface area contributed by atoms with Gasteiger partial charge in [0.25, 0.3) is 0 Å². The molecule has 5 heteroatoms. The third kappa shape index (κ3) is 2.66. The Labute approximate surface area is 98.9 Å². The minimum absolute atomic E-state index is 0.0793. The van der Waals surface area contributed by atoms with Crippen molar-refractivity contribution >= 4 is 11.4 Å². The summed E-state index contributed by atoms with van der Waals surface area (Å²) in [4.78, 5) is 0. The topological polar surface area (TPSA) is 47.3 Å². The van der Waals surface area contributed by atoms with Crippen LogP contribution in [0, 0.1) is 11.6 Å². The van der Waals surface area contributed by atoms with E-state index in [9.17, 15) is 8.78 Å². The maximum absolute atomic E-state index is 13.6. The Morgan fingerprint density at radius 3 is 2.53 bits per heavy atom. The van der Waals surface area contributed by atoms with Gasteiger partial charge in [-0.25, -0.2) is 8.78 Å². The molecule has 1 unspecified atom stereocenters. The van der Waals surface area contributed by atoms with Gasteiger partial charge in [-0.1, -0.05) is 0 Å². The fourth-order valence-corrected chi connectivity index (χ4v) is 2.05. The third-order valence-corrected chi connectivity index (χ3v) is 2.93. The van der Waals surface area contributed by atoms with E-state index in [1.165, 1.54) is 0 Å². The molecule has 0 bridgehead atoms. The summed E-state index contributed by atoms with van der Waals surface area (Å²) in [7, 11) is 0. The summed E-state index contributed by atoms with van der Waals surface area (Å²) >= 11 is 0. The molecule has 0 amide bonds. The number of ether oxygens (including phenoxy) is 1. The number of nitrogen functional groups attached to an aromatic ring is 1. The molecule has 1 aromatic carbocycles. The maximum Gasteiger partial charge on any atom is 0.151 e. The van der Waals surface area contributed by atoms with Crippen molar-refractivity contribution in [2.24, 2.45) is 0 Å².